The number of rotatable bonds is 3. The molecule has 2 aromatic carbocycles. The van der Waals surface area contributed by atoms with Gasteiger partial charge in [-0.05, 0) is 49.7 Å². The second kappa shape index (κ2) is 5.65. The van der Waals surface area contributed by atoms with E-state index in [1.54, 1.807) is 19.1 Å². The van der Waals surface area contributed by atoms with Gasteiger partial charge in [-0.15, -0.1) is 0 Å². The van der Waals surface area contributed by atoms with Crippen molar-refractivity contribution in [2.45, 2.75) is 13.8 Å². The van der Waals surface area contributed by atoms with Crippen LogP contribution in [-0.2, 0) is 4.79 Å². The fourth-order valence-electron chi connectivity index (χ4n) is 1.82. The topological polar surface area (TPSA) is 46.2 Å². The van der Waals surface area contributed by atoms with Crippen LogP contribution in [-0.4, -0.2) is 11.7 Å². The van der Waals surface area contributed by atoms with Crippen LogP contribution in [0.4, 0.5) is 10.1 Å². The summed E-state index contributed by atoms with van der Waals surface area (Å²) >= 11 is 0. The molecule has 1 amide bonds. The number of Topliss-reactive ketones (excluding diaryl/α,β-unsaturated/α-hetero) is 1. The Morgan fingerprint density at radius 1 is 1.00 bits per heavy atom. The quantitative estimate of drug-likeness (QED) is 0.688. The third-order valence-electron chi connectivity index (χ3n) is 2.95. The molecule has 0 saturated heterocycles. The van der Waals surface area contributed by atoms with Crippen LogP contribution in [0.3, 0.4) is 0 Å². The highest BCUT2D eigenvalue weighted by molar-refractivity contribution is 6.46. The monoisotopic (exact) mass is 271 g/mol. The Balaban J connectivity index is 2.18. The van der Waals surface area contributed by atoms with Crippen molar-refractivity contribution in [3.8, 4) is 0 Å². The van der Waals surface area contributed by atoms with E-state index in [0.29, 0.717) is 11.3 Å². The van der Waals surface area contributed by atoms with E-state index in [1.165, 1.54) is 24.3 Å². The zero-order valence-corrected chi connectivity index (χ0v) is 11.2. The molecule has 0 aromatic heterocycles. The van der Waals surface area contributed by atoms with Gasteiger partial charge < -0.3 is 5.32 Å². The Morgan fingerprint density at radius 2 is 1.65 bits per heavy atom. The predicted molar refractivity (Wildman–Crippen MR) is 75.3 cm³/mol. The van der Waals surface area contributed by atoms with Gasteiger partial charge in [0.05, 0.1) is 0 Å². The van der Waals surface area contributed by atoms with E-state index in [-0.39, 0.29) is 0 Å². The summed E-state index contributed by atoms with van der Waals surface area (Å²) in [5, 5.41) is 2.46. The van der Waals surface area contributed by atoms with E-state index >= 15 is 0 Å². The zero-order valence-electron chi connectivity index (χ0n) is 11.2. The van der Waals surface area contributed by atoms with Crippen molar-refractivity contribution >= 4 is 17.4 Å². The molecule has 0 radical (unpaired) electrons. The van der Waals surface area contributed by atoms with Gasteiger partial charge in [0.25, 0.3) is 11.7 Å². The first-order chi connectivity index (χ1) is 9.47. The van der Waals surface area contributed by atoms with Gasteiger partial charge in [0.1, 0.15) is 5.82 Å². The van der Waals surface area contributed by atoms with E-state index in [2.05, 4.69) is 5.32 Å². The van der Waals surface area contributed by atoms with Crippen molar-refractivity contribution in [2.75, 3.05) is 5.32 Å². The van der Waals surface area contributed by atoms with Crippen LogP contribution in [0.1, 0.15) is 21.5 Å². The van der Waals surface area contributed by atoms with E-state index in [9.17, 15) is 14.0 Å². The highest BCUT2D eigenvalue weighted by Crippen LogP contribution is 2.13. The molecule has 0 aliphatic carbocycles. The highest BCUT2D eigenvalue weighted by Gasteiger charge is 2.18. The lowest BCUT2D eigenvalue weighted by Gasteiger charge is -2.07. The molecule has 102 valence electrons. The third-order valence-corrected chi connectivity index (χ3v) is 2.95. The molecule has 0 aliphatic heterocycles. The van der Waals surface area contributed by atoms with Crippen molar-refractivity contribution in [3.63, 3.8) is 0 Å². The standard InChI is InChI=1S/C16H14FNO2/c1-10-3-4-11(2)14(9-10)15(19)16(20)18-13-7-5-12(17)6-8-13/h3-9H,1-2H3,(H,18,20). The molecule has 0 spiro atoms. The maximum Gasteiger partial charge on any atom is 0.296 e. The molecule has 20 heavy (non-hydrogen) atoms. The average molecular weight is 271 g/mol. The summed E-state index contributed by atoms with van der Waals surface area (Å²) in [7, 11) is 0. The first-order valence-corrected chi connectivity index (χ1v) is 6.16. The zero-order chi connectivity index (χ0) is 14.7. The fraction of sp³-hybridized carbons (Fsp3) is 0.125. The second-order valence-electron chi connectivity index (χ2n) is 4.61. The average Bonchev–Trinajstić information content (AvgIpc) is 2.43. The summed E-state index contributed by atoms with van der Waals surface area (Å²) in [4.78, 5) is 24.0. The molecular weight excluding hydrogens is 257 g/mol. The van der Waals surface area contributed by atoms with Crippen LogP contribution in [0.25, 0.3) is 0 Å². The smallest absolute Gasteiger partial charge is 0.296 e. The van der Waals surface area contributed by atoms with Gasteiger partial charge in [0.15, 0.2) is 0 Å². The van der Waals surface area contributed by atoms with Crippen molar-refractivity contribution in [3.05, 3.63) is 65.0 Å². The van der Waals surface area contributed by atoms with E-state index in [1.807, 2.05) is 13.0 Å². The molecule has 0 fully saturated rings. The Hall–Kier alpha value is -2.49. The molecule has 4 heteroatoms. The van der Waals surface area contributed by atoms with Crippen molar-refractivity contribution in [1.82, 2.24) is 0 Å². The largest absolute Gasteiger partial charge is 0.319 e. The molecule has 0 bridgehead atoms. The van der Waals surface area contributed by atoms with E-state index in [0.717, 1.165) is 11.1 Å². The molecule has 2 aromatic rings. The van der Waals surface area contributed by atoms with Crippen LogP contribution in [0.15, 0.2) is 42.5 Å². The second-order valence-corrected chi connectivity index (χ2v) is 4.61. The Labute approximate surface area is 116 Å². The maximum atomic E-state index is 12.8. The van der Waals surface area contributed by atoms with Crippen molar-refractivity contribution in [2.24, 2.45) is 0 Å². The summed E-state index contributed by atoms with van der Waals surface area (Å²) in [5.74, 6) is -1.73. The number of hydrogen-bond donors (Lipinski definition) is 1. The molecular formula is C16H14FNO2. The minimum absolute atomic E-state index is 0.379. The van der Waals surface area contributed by atoms with E-state index in [4.69, 9.17) is 0 Å². The lowest BCUT2D eigenvalue weighted by molar-refractivity contribution is -0.112. The first kappa shape index (κ1) is 13.9. The number of benzene rings is 2. The van der Waals surface area contributed by atoms with Crippen molar-refractivity contribution in [1.29, 1.82) is 0 Å². The number of amides is 1. The lowest BCUT2D eigenvalue weighted by atomic mass is 10.0. The Bertz CT molecular complexity index is 663. The lowest BCUT2D eigenvalue weighted by Crippen LogP contribution is -2.23. The van der Waals surface area contributed by atoms with Crippen molar-refractivity contribution < 1.29 is 14.0 Å². The van der Waals surface area contributed by atoms with Gasteiger partial charge in [-0.3, -0.25) is 9.59 Å². The number of anilines is 1. The molecule has 0 saturated carbocycles. The minimum Gasteiger partial charge on any atom is -0.319 e. The Morgan fingerprint density at radius 3 is 2.30 bits per heavy atom. The molecule has 3 nitrogen and oxygen atoms in total. The molecule has 2 rings (SSSR count). The molecule has 0 atom stereocenters. The van der Waals surface area contributed by atoms with Crippen LogP contribution in [0, 0.1) is 19.7 Å². The minimum atomic E-state index is -0.731. The van der Waals surface area contributed by atoms with E-state index < -0.39 is 17.5 Å². The third kappa shape index (κ3) is 3.09. The van der Waals surface area contributed by atoms with Crippen LogP contribution >= 0.6 is 0 Å². The highest BCUT2D eigenvalue weighted by atomic mass is 19.1. The number of carbonyl (C=O) groups excluding carboxylic acids is 2. The van der Waals surface area contributed by atoms with Crippen LogP contribution < -0.4 is 5.32 Å². The predicted octanol–water partition coefficient (Wildman–Crippen LogP) is 3.26. The molecule has 0 aliphatic rings. The SMILES string of the molecule is Cc1ccc(C)c(C(=O)C(=O)Nc2ccc(F)cc2)c1. The number of halogens is 1. The summed E-state index contributed by atoms with van der Waals surface area (Å²) in [6, 6.07) is 10.6. The molecule has 1 N–H and O–H groups in total. The van der Waals surface area contributed by atoms with Gasteiger partial charge in [0, 0.05) is 11.3 Å². The van der Waals surface area contributed by atoms with Gasteiger partial charge in [-0.1, -0.05) is 17.7 Å². The maximum absolute atomic E-state index is 12.8. The molecule has 0 unspecified atom stereocenters. The summed E-state index contributed by atoms with van der Waals surface area (Å²) < 4.78 is 12.8. The number of nitrogens with one attached hydrogen (secondary N) is 1. The van der Waals surface area contributed by atoms with Gasteiger partial charge >= 0.3 is 0 Å². The number of carbonyl (C=O) groups is 2. The summed E-state index contributed by atoms with van der Waals surface area (Å²) in [6.45, 7) is 3.63. The van der Waals surface area contributed by atoms with Gasteiger partial charge in [-0.25, -0.2) is 4.39 Å². The van der Waals surface area contributed by atoms with Crippen LogP contribution in [0.5, 0.6) is 0 Å². The fourth-order valence-corrected chi connectivity index (χ4v) is 1.82. The summed E-state index contributed by atoms with van der Waals surface area (Å²) in [5.41, 5.74) is 2.42. The van der Waals surface area contributed by atoms with Crippen LogP contribution in [0.2, 0.25) is 0 Å². The van der Waals surface area contributed by atoms with Gasteiger partial charge in [-0.2, -0.15) is 0 Å². The first-order valence-electron chi connectivity index (χ1n) is 6.16. The number of ketones is 1. The van der Waals surface area contributed by atoms with Gasteiger partial charge in [0.2, 0.25) is 0 Å². The Kier molecular flexibility index (Phi) is 3.94. The number of hydrogen-bond acceptors (Lipinski definition) is 2. The molecule has 0 heterocycles. The summed E-state index contributed by atoms with van der Waals surface area (Å²) in [6.07, 6.45) is 0. The number of aryl methyl sites for hydroxylation is 2. The normalized spacial score (nSPS) is 10.2.